The standard InChI is InChI=1S/C21H29FO3/c22-20-13-18(5-6-19(20)14-23)16-3-1-15(2-4-16)17-7-9-21(10-8-17)24-11-12-25-21/h5-6,13,15-17,23H,1-4,7-12,14H2/t15-,16-. The van der Waals surface area contributed by atoms with Gasteiger partial charge in [0.25, 0.3) is 0 Å². The lowest BCUT2D eigenvalue weighted by Gasteiger charge is -2.41. The topological polar surface area (TPSA) is 38.7 Å². The fourth-order valence-electron chi connectivity index (χ4n) is 5.21. The second-order valence-corrected chi connectivity index (χ2v) is 8.07. The van der Waals surface area contributed by atoms with Gasteiger partial charge in [-0.05, 0) is 67.9 Å². The molecule has 1 spiro atoms. The zero-order chi connectivity index (χ0) is 17.3. The lowest BCUT2D eigenvalue weighted by molar-refractivity contribution is -0.185. The second kappa shape index (κ2) is 7.34. The number of halogens is 1. The Labute approximate surface area is 149 Å². The largest absolute Gasteiger partial charge is 0.392 e. The van der Waals surface area contributed by atoms with Gasteiger partial charge < -0.3 is 14.6 Å². The summed E-state index contributed by atoms with van der Waals surface area (Å²) in [5.74, 6) is 1.55. The van der Waals surface area contributed by atoms with Gasteiger partial charge in [0, 0.05) is 18.4 Å². The van der Waals surface area contributed by atoms with Crippen molar-refractivity contribution in [2.75, 3.05) is 13.2 Å². The quantitative estimate of drug-likeness (QED) is 0.872. The van der Waals surface area contributed by atoms with E-state index in [1.165, 1.54) is 25.7 Å². The van der Waals surface area contributed by atoms with Crippen LogP contribution in [-0.2, 0) is 16.1 Å². The molecule has 4 rings (SSSR count). The molecule has 0 radical (unpaired) electrons. The molecule has 4 heteroatoms. The van der Waals surface area contributed by atoms with Crippen LogP contribution in [0.2, 0.25) is 0 Å². The van der Waals surface area contributed by atoms with Crippen molar-refractivity contribution in [2.45, 2.75) is 69.7 Å². The lowest BCUT2D eigenvalue weighted by Crippen LogP contribution is -2.37. The minimum absolute atomic E-state index is 0.227. The predicted molar refractivity (Wildman–Crippen MR) is 93.6 cm³/mol. The maximum atomic E-state index is 13.9. The average molecular weight is 348 g/mol. The van der Waals surface area contributed by atoms with Crippen molar-refractivity contribution < 1.29 is 19.0 Å². The summed E-state index contributed by atoms with van der Waals surface area (Å²) in [7, 11) is 0. The van der Waals surface area contributed by atoms with Gasteiger partial charge >= 0.3 is 0 Å². The molecule has 1 heterocycles. The Morgan fingerprint density at radius 2 is 1.60 bits per heavy atom. The highest BCUT2D eigenvalue weighted by Gasteiger charge is 2.42. The molecule has 1 aromatic carbocycles. The van der Waals surface area contributed by atoms with Crippen LogP contribution in [0.5, 0.6) is 0 Å². The molecule has 1 saturated heterocycles. The van der Waals surface area contributed by atoms with Gasteiger partial charge in [0.1, 0.15) is 5.82 Å². The van der Waals surface area contributed by atoms with Crippen molar-refractivity contribution in [2.24, 2.45) is 11.8 Å². The van der Waals surface area contributed by atoms with Gasteiger partial charge in [-0.25, -0.2) is 4.39 Å². The molecule has 3 fully saturated rings. The van der Waals surface area contributed by atoms with Crippen molar-refractivity contribution in [3.8, 4) is 0 Å². The molecule has 0 amide bonds. The normalized spacial score (nSPS) is 30.0. The molecule has 138 valence electrons. The Balaban J connectivity index is 1.30. The zero-order valence-electron chi connectivity index (χ0n) is 14.9. The average Bonchev–Trinajstić information content (AvgIpc) is 3.10. The molecule has 3 nitrogen and oxygen atoms in total. The maximum absolute atomic E-state index is 13.9. The van der Waals surface area contributed by atoms with Crippen LogP contribution in [0.4, 0.5) is 4.39 Å². The van der Waals surface area contributed by atoms with Gasteiger partial charge in [-0.15, -0.1) is 0 Å². The second-order valence-electron chi connectivity index (χ2n) is 8.07. The van der Waals surface area contributed by atoms with Gasteiger partial charge in [0.05, 0.1) is 19.8 Å². The van der Waals surface area contributed by atoms with E-state index in [1.54, 1.807) is 12.1 Å². The van der Waals surface area contributed by atoms with E-state index in [2.05, 4.69) is 0 Å². The highest BCUT2D eigenvalue weighted by molar-refractivity contribution is 5.27. The lowest BCUT2D eigenvalue weighted by atomic mass is 9.69. The summed E-state index contributed by atoms with van der Waals surface area (Å²) in [4.78, 5) is 0. The van der Waals surface area contributed by atoms with Crippen molar-refractivity contribution >= 4 is 0 Å². The highest BCUT2D eigenvalue weighted by atomic mass is 19.1. The Morgan fingerprint density at radius 3 is 2.20 bits per heavy atom. The molecule has 2 saturated carbocycles. The number of rotatable bonds is 3. The first-order valence-electron chi connectivity index (χ1n) is 9.86. The number of hydrogen-bond acceptors (Lipinski definition) is 3. The van der Waals surface area contributed by atoms with Crippen LogP contribution in [0.25, 0.3) is 0 Å². The van der Waals surface area contributed by atoms with Crippen LogP contribution in [0.3, 0.4) is 0 Å². The van der Waals surface area contributed by atoms with Crippen LogP contribution >= 0.6 is 0 Å². The minimum atomic E-state index is -0.267. The Kier molecular flexibility index (Phi) is 5.12. The van der Waals surface area contributed by atoms with Crippen molar-refractivity contribution in [3.05, 3.63) is 35.1 Å². The van der Waals surface area contributed by atoms with Crippen molar-refractivity contribution in [1.29, 1.82) is 0 Å². The summed E-state index contributed by atoms with van der Waals surface area (Å²) < 4.78 is 25.6. The Bertz CT molecular complexity index is 579. The first kappa shape index (κ1) is 17.4. The molecule has 1 aliphatic heterocycles. The van der Waals surface area contributed by atoms with Crippen molar-refractivity contribution in [3.63, 3.8) is 0 Å². The number of benzene rings is 1. The first-order valence-corrected chi connectivity index (χ1v) is 9.86. The molecular formula is C21H29FO3. The van der Waals surface area contributed by atoms with Crippen LogP contribution in [0.15, 0.2) is 18.2 Å². The van der Waals surface area contributed by atoms with Gasteiger partial charge in [-0.3, -0.25) is 0 Å². The third kappa shape index (κ3) is 3.62. The van der Waals surface area contributed by atoms with E-state index < -0.39 is 0 Å². The monoisotopic (exact) mass is 348 g/mol. The zero-order valence-corrected chi connectivity index (χ0v) is 14.9. The smallest absolute Gasteiger partial charge is 0.168 e. The number of hydrogen-bond donors (Lipinski definition) is 1. The maximum Gasteiger partial charge on any atom is 0.168 e. The third-order valence-electron chi connectivity index (χ3n) is 6.76. The van der Waals surface area contributed by atoms with Gasteiger partial charge in [-0.2, -0.15) is 0 Å². The SMILES string of the molecule is OCc1ccc([C@H]2CC[C@H](C3CCC4(CC3)OCCO4)CC2)cc1F. The molecule has 1 N–H and O–H groups in total. The molecule has 3 aliphatic rings. The van der Waals surface area contributed by atoms with Crippen LogP contribution in [-0.4, -0.2) is 24.1 Å². The van der Waals surface area contributed by atoms with Gasteiger partial charge in [0.15, 0.2) is 5.79 Å². The molecular weight excluding hydrogens is 319 g/mol. The molecule has 0 atom stereocenters. The molecule has 1 aromatic rings. The molecule has 25 heavy (non-hydrogen) atoms. The summed E-state index contributed by atoms with van der Waals surface area (Å²) in [6, 6.07) is 5.37. The van der Waals surface area contributed by atoms with E-state index in [-0.39, 0.29) is 18.2 Å². The Morgan fingerprint density at radius 1 is 0.960 bits per heavy atom. The Hall–Kier alpha value is -0.970. The number of aliphatic hydroxyl groups is 1. The van der Waals surface area contributed by atoms with E-state index in [0.717, 1.165) is 56.3 Å². The molecule has 0 unspecified atom stereocenters. The van der Waals surface area contributed by atoms with Crippen LogP contribution in [0, 0.1) is 17.7 Å². The summed E-state index contributed by atoms with van der Waals surface area (Å²) in [5.41, 5.74) is 1.49. The minimum Gasteiger partial charge on any atom is -0.392 e. The summed E-state index contributed by atoms with van der Waals surface area (Å²) in [6.45, 7) is 1.28. The summed E-state index contributed by atoms with van der Waals surface area (Å²) in [5, 5.41) is 9.12. The first-order chi connectivity index (χ1) is 12.2. The highest BCUT2D eigenvalue weighted by Crippen LogP contribution is 2.46. The van der Waals surface area contributed by atoms with Crippen molar-refractivity contribution in [1.82, 2.24) is 0 Å². The van der Waals surface area contributed by atoms with Crippen LogP contribution in [0.1, 0.15) is 68.4 Å². The third-order valence-corrected chi connectivity index (χ3v) is 6.76. The van der Waals surface area contributed by atoms with Gasteiger partial charge in [-0.1, -0.05) is 12.1 Å². The number of ether oxygens (including phenoxy) is 2. The fraction of sp³-hybridized carbons (Fsp3) is 0.714. The van der Waals surface area contributed by atoms with E-state index in [1.807, 2.05) is 6.07 Å². The van der Waals surface area contributed by atoms with E-state index in [0.29, 0.717) is 11.5 Å². The molecule has 0 aromatic heterocycles. The molecule has 2 aliphatic carbocycles. The molecule has 0 bridgehead atoms. The summed E-state index contributed by atoms with van der Waals surface area (Å²) in [6.07, 6.45) is 9.32. The fourth-order valence-corrected chi connectivity index (χ4v) is 5.21. The van der Waals surface area contributed by atoms with Crippen LogP contribution < -0.4 is 0 Å². The van der Waals surface area contributed by atoms with E-state index >= 15 is 0 Å². The van der Waals surface area contributed by atoms with Gasteiger partial charge in [0.2, 0.25) is 0 Å². The van der Waals surface area contributed by atoms with E-state index in [9.17, 15) is 4.39 Å². The predicted octanol–water partition coefficient (Wildman–Crippen LogP) is 4.53. The number of aliphatic hydroxyl groups excluding tert-OH is 1. The van der Waals surface area contributed by atoms with E-state index in [4.69, 9.17) is 14.6 Å². The summed E-state index contributed by atoms with van der Waals surface area (Å²) >= 11 is 0.